The summed E-state index contributed by atoms with van der Waals surface area (Å²) in [6.45, 7) is 2.13. The van der Waals surface area contributed by atoms with Gasteiger partial charge in [-0.05, 0) is 28.6 Å². The molecule has 0 radical (unpaired) electrons. The molecule has 0 aliphatic heterocycles. The van der Waals surface area contributed by atoms with E-state index >= 15 is 0 Å². The Bertz CT molecular complexity index is 768. The molecule has 0 amide bonds. The molecule has 0 aliphatic rings. The summed E-state index contributed by atoms with van der Waals surface area (Å²) < 4.78 is 5.13. The van der Waals surface area contributed by atoms with Crippen molar-refractivity contribution in [3.8, 4) is 11.5 Å². The molecule has 19 heavy (non-hydrogen) atoms. The molecule has 0 spiro atoms. The van der Waals surface area contributed by atoms with Gasteiger partial charge in [-0.1, -0.05) is 41.5 Å². The van der Waals surface area contributed by atoms with Crippen molar-refractivity contribution in [3.63, 3.8) is 0 Å². The minimum absolute atomic E-state index is 0.259. The highest BCUT2D eigenvalue weighted by Crippen LogP contribution is 2.26. The van der Waals surface area contributed by atoms with Crippen molar-refractivity contribution in [1.29, 1.82) is 0 Å². The van der Waals surface area contributed by atoms with E-state index in [1.54, 1.807) is 6.92 Å². The smallest absolute Gasteiger partial charge is 0.391 e. The fraction of sp³-hybridized carbons (Fsp3) is 0.143. The summed E-state index contributed by atoms with van der Waals surface area (Å²) in [6, 6.07) is 13.6. The number of rotatable bonds is 3. The molecule has 1 aromatic heterocycles. The van der Waals surface area contributed by atoms with Crippen molar-refractivity contribution in [1.82, 2.24) is 9.94 Å². The first-order chi connectivity index (χ1) is 9.29. The highest BCUT2D eigenvalue weighted by atomic mass is 16.7. The van der Waals surface area contributed by atoms with E-state index in [0.717, 1.165) is 21.2 Å². The summed E-state index contributed by atoms with van der Waals surface area (Å²) >= 11 is 0. The van der Waals surface area contributed by atoms with Crippen LogP contribution < -0.4 is 10.6 Å². The Balaban J connectivity index is 2.19. The van der Waals surface area contributed by atoms with Gasteiger partial charge in [-0.3, -0.25) is 0 Å². The minimum Gasteiger partial charge on any atom is -0.391 e. The SMILES string of the molecule is CCOn1nc(-c2cccc3ccccc23)oc1=O. The average Bonchev–Trinajstić information content (AvgIpc) is 2.80. The van der Waals surface area contributed by atoms with Crippen molar-refractivity contribution in [2.24, 2.45) is 0 Å². The van der Waals surface area contributed by atoms with Gasteiger partial charge in [0.1, 0.15) is 6.61 Å². The van der Waals surface area contributed by atoms with Crippen molar-refractivity contribution in [2.45, 2.75) is 6.92 Å². The van der Waals surface area contributed by atoms with Crippen LogP contribution in [0.5, 0.6) is 0 Å². The van der Waals surface area contributed by atoms with Crippen molar-refractivity contribution < 1.29 is 9.25 Å². The standard InChI is InChI=1S/C14H12N2O3/c1-2-18-16-14(17)19-13(15-16)12-9-5-7-10-6-3-4-8-11(10)12/h3-9H,2H2,1H3. The lowest BCUT2D eigenvalue weighted by atomic mass is 10.0. The molecule has 0 aliphatic carbocycles. The number of hydrogen-bond acceptors (Lipinski definition) is 4. The van der Waals surface area contributed by atoms with E-state index in [1.165, 1.54) is 0 Å². The van der Waals surface area contributed by atoms with E-state index in [-0.39, 0.29) is 5.89 Å². The predicted octanol–water partition coefficient (Wildman–Crippen LogP) is 2.10. The van der Waals surface area contributed by atoms with Gasteiger partial charge in [0.2, 0.25) is 0 Å². The second-order valence-electron chi connectivity index (χ2n) is 3.99. The lowest BCUT2D eigenvalue weighted by molar-refractivity contribution is 0.0784. The van der Waals surface area contributed by atoms with Gasteiger partial charge in [-0.25, -0.2) is 4.79 Å². The number of hydrogen-bond donors (Lipinski definition) is 0. The first-order valence-electron chi connectivity index (χ1n) is 6.01. The zero-order valence-corrected chi connectivity index (χ0v) is 10.4. The molecule has 0 saturated heterocycles. The fourth-order valence-electron chi connectivity index (χ4n) is 1.99. The largest absolute Gasteiger partial charge is 0.472 e. The molecule has 3 rings (SSSR count). The van der Waals surface area contributed by atoms with Crippen LogP contribution >= 0.6 is 0 Å². The van der Waals surface area contributed by atoms with Crippen LogP contribution in [0.2, 0.25) is 0 Å². The Morgan fingerprint density at radius 2 is 2.00 bits per heavy atom. The third kappa shape index (κ3) is 1.99. The molecule has 0 fully saturated rings. The van der Waals surface area contributed by atoms with Gasteiger partial charge in [-0.15, -0.1) is 0 Å². The highest BCUT2D eigenvalue weighted by molar-refractivity contribution is 5.94. The number of fused-ring (bicyclic) bond motifs is 1. The fourth-order valence-corrected chi connectivity index (χ4v) is 1.99. The molecule has 0 bridgehead atoms. The van der Waals surface area contributed by atoms with Crippen LogP contribution in [0.4, 0.5) is 0 Å². The summed E-state index contributed by atoms with van der Waals surface area (Å²) in [5.74, 6) is -0.361. The van der Waals surface area contributed by atoms with Crippen LogP contribution in [0.3, 0.4) is 0 Å². The minimum atomic E-state index is -0.621. The number of benzene rings is 2. The van der Waals surface area contributed by atoms with E-state index in [4.69, 9.17) is 9.25 Å². The number of aromatic nitrogens is 2. The molecular formula is C14H12N2O3. The van der Waals surface area contributed by atoms with Crippen LogP contribution in [0.15, 0.2) is 51.7 Å². The molecule has 0 atom stereocenters. The Labute approximate surface area is 109 Å². The van der Waals surface area contributed by atoms with Crippen LogP contribution in [0.1, 0.15) is 6.92 Å². The maximum Gasteiger partial charge on any atom is 0.472 e. The molecule has 3 aromatic rings. The van der Waals surface area contributed by atoms with Crippen LogP contribution in [-0.4, -0.2) is 16.6 Å². The van der Waals surface area contributed by atoms with Gasteiger partial charge in [-0.2, -0.15) is 0 Å². The van der Waals surface area contributed by atoms with E-state index in [1.807, 2.05) is 42.5 Å². The lowest BCUT2D eigenvalue weighted by Gasteiger charge is -2.01. The molecule has 5 nitrogen and oxygen atoms in total. The van der Waals surface area contributed by atoms with E-state index in [0.29, 0.717) is 6.61 Å². The Morgan fingerprint density at radius 1 is 1.21 bits per heavy atom. The quantitative estimate of drug-likeness (QED) is 0.720. The topological polar surface area (TPSA) is 57.3 Å². The molecule has 96 valence electrons. The Kier molecular flexibility index (Phi) is 2.79. The maximum atomic E-state index is 11.5. The third-order valence-electron chi connectivity index (χ3n) is 2.79. The molecule has 1 heterocycles. The zero-order chi connectivity index (χ0) is 13.2. The van der Waals surface area contributed by atoms with Crippen molar-refractivity contribution in [2.75, 3.05) is 6.61 Å². The van der Waals surface area contributed by atoms with Gasteiger partial charge in [0, 0.05) is 5.56 Å². The molecule has 0 unspecified atom stereocenters. The highest BCUT2D eigenvalue weighted by Gasteiger charge is 2.13. The predicted molar refractivity (Wildman–Crippen MR) is 70.8 cm³/mol. The van der Waals surface area contributed by atoms with Crippen molar-refractivity contribution >= 4 is 10.8 Å². The molecule has 0 saturated carbocycles. The monoisotopic (exact) mass is 256 g/mol. The zero-order valence-electron chi connectivity index (χ0n) is 10.4. The summed E-state index contributed by atoms with van der Waals surface area (Å²) in [5.41, 5.74) is 0.772. The van der Waals surface area contributed by atoms with Gasteiger partial charge in [0.05, 0.1) is 0 Å². The average molecular weight is 256 g/mol. The van der Waals surface area contributed by atoms with E-state index in [9.17, 15) is 4.79 Å². The maximum absolute atomic E-state index is 11.5. The van der Waals surface area contributed by atoms with Gasteiger partial charge >= 0.3 is 5.76 Å². The Hall–Kier alpha value is -2.56. The Morgan fingerprint density at radius 3 is 2.84 bits per heavy atom. The van der Waals surface area contributed by atoms with E-state index in [2.05, 4.69) is 5.10 Å². The van der Waals surface area contributed by atoms with Gasteiger partial charge in [0.15, 0.2) is 0 Å². The summed E-state index contributed by atoms with van der Waals surface area (Å²) in [6.07, 6.45) is 0. The molecule has 5 heteroatoms. The first kappa shape index (κ1) is 11.5. The van der Waals surface area contributed by atoms with Crippen LogP contribution in [-0.2, 0) is 0 Å². The lowest BCUT2D eigenvalue weighted by Crippen LogP contribution is -2.23. The van der Waals surface area contributed by atoms with E-state index < -0.39 is 5.76 Å². The summed E-state index contributed by atoms with van der Waals surface area (Å²) in [4.78, 5) is 17.5. The summed E-state index contributed by atoms with van der Waals surface area (Å²) in [5, 5.41) is 6.08. The second-order valence-corrected chi connectivity index (χ2v) is 3.99. The molecule has 0 N–H and O–H groups in total. The normalized spacial score (nSPS) is 10.8. The van der Waals surface area contributed by atoms with Crippen LogP contribution in [0.25, 0.3) is 22.2 Å². The first-order valence-corrected chi connectivity index (χ1v) is 6.01. The molecular weight excluding hydrogens is 244 g/mol. The van der Waals surface area contributed by atoms with Crippen LogP contribution in [0, 0.1) is 0 Å². The summed E-state index contributed by atoms with van der Waals surface area (Å²) in [7, 11) is 0. The third-order valence-corrected chi connectivity index (χ3v) is 2.79. The van der Waals surface area contributed by atoms with Gasteiger partial charge < -0.3 is 9.25 Å². The second kappa shape index (κ2) is 4.61. The number of nitrogens with zero attached hydrogens (tertiary/aromatic N) is 2. The molecule has 2 aromatic carbocycles. The van der Waals surface area contributed by atoms with Crippen molar-refractivity contribution in [3.05, 3.63) is 53.0 Å². The van der Waals surface area contributed by atoms with Gasteiger partial charge in [0.25, 0.3) is 5.89 Å².